The summed E-state index contributed by atoms with van der Waals surface area (Å²) in [7, 11) is 0. The van der Waals surface area contributed by atoms with Crippen molar-refractivity contribution in [3.8, 4) is 0 Å². The number of anilines is 1. The van der Waals surface area contributed by atoms with Crippen LogP contribution in [0.25, 0.3) is 0 Å². The average molecular weight is 238 g/mol. The Hall–Kier alpha value is -2.25. The third-order valence-corrected chi connectivity index (χ3v) is 2.20. The summed E-state index contributed by atoms with van der Waals surface area (Å²) in [5.41, 5.74) is 0. The Kier molecular flexibility index (Phi) is 2.86. The van der Waals surface area contributed by atoms with E-state index in [1.807, 2.05) is 0 Å². The summed E-state index contributed by atoms with van der Waals surface area (Å²) in [5, 5.41) is 9.48. The summed E-state index contributed by atoms with van der Waals surface area (Å²) < 4.78 is 5.05. The number of carbonyl (C=O) groups is 3. The van der Waals surface area contributed by atoms with E-state index in [0.717, 1.165) is 4.90 Å². The molecule has 0 radical (unpaired) electrons. The maximum absolute atomic E-state index is 11.3. The van der Waals surface area contributed by atoms with Crippen LogP contribution in [0.5, 0.6) is 0 Å². The summed E-state index contributed by atoms with van der Waals surface area (Å²) in [6, 6.07) is -0.0494. The molecule has 1 aliphatic rings. The molecule has 8 nitrogen and oxygen atoms in total. The molecule has 0 saturated carbocycles. The zero-order valence-corrected chi connectivity index (χ0v) is 9.10. The van der Waals surface area contributed by atoms with E-state index in [4.69, 9.17) is 4.42 Å². The Labute approximate surface area is 96.0 Å². The predicted molar refractivity (Wildman–Crippen MR) is 53.4 cm³/mol. The van der Waals surface area contributed by atoms with Gasteiger partial charge in [-0.05, 0) is 0 Å². The van der Waals surface area contributed by atoms with Crippen LogP contribution < -0.4 is 5.32 Å². The standard InChI is InChI=1S/C9H10N4O4/c1-5(14)10-9-12-11-6(17-9)4-13-7(15)2-3-8(13)16/h2-4H2,1H3,(H,10,12,14). The molecular formula is C9H10N4O4. The van der Waals surface area contributed by atoms with Gasteiger partial charge in [-0.25, -0.2) is 0 Å². The second-order valence-electron chi connectivity index (χ2n) is 3.56. The number of rotatable bonds is 3. The Morgan fingerprint density at radius 1 is 1.35 bits per heavy atom. The van der Waals surface area contributed by atoms with E-state index >= 15 is 0 Å². The van der Waals surface area contributed by atoms with Crippen LogP contribution in [0.15, 0.2) is 4.42 Å². The maximum Gasteiger partial charge on any atom is 0.322 e. The highest BCUT2D eigenvalue weighted by atomic mass is 16.4. The molecule has 1 aliphatic heterocycles. The maximum atomic E-state index is 11.3. The van der Waals surface area contributed by atoms with E-state index in [1.54, 1.807) is 0 Å². The zero-order chi connectivity index (χ0) is 12.4. The van der Waals surface area contributed by atoms with Crippen molar-refractivity contribution in [2.75, 3.05) is 5.32 Å². The van der Waals surface area contributed by atoms with E-state index in [0.29, 0.717) is 0 Å². The molecule has 0 aliphatic carbocycles. The van der Waals surface area contributed by atoms with Crippen LogP contribution in [-0.2, 0) is 20.9 Å². The van der Waals surface area contributed by atoms with Gasteiger partial charge in [-0.2, -0.15) is 0 Å². The lowest BCUT2D eigenvalue weighted by Crippen LogP contribution is -2.28. The van der Waals surface area contributed by atoms with Crippen LogP contribution in [0.1, 0.15) is 25.7 Å². The molecule has 3 amide bonds. The number of carbonyl (C=O) groups excluding carboxylic acids is 3. The van der Waals surface area contributed by atoms with Crippen molar-refractivity contribution in [3.05, 3.63) is 5.89 Å². The third-order valence-electron chi connectivity index (χ3n) is 2.20. The molecule has 0 bridgehead atoms. The fourth-order valence-electron chi connectivity index (χ4n) is 1.45. The van der Waals surface area contributed by atoms with E-state index in [9.17, 15) is 14.4 Å². The van der Waals surface area contributed by atoms with Crippen LogP contribution in [0, 0.1) is 0 Å². The van der Waals surface area contributed by atoms with E-state index < -0.39 is 0 Å². The minimum Gasteiger partial charge on any atom is -0.406 e. The third kappa shape index (κ3) is 2.47. The van der Waals surface area contributed by atoms with Gasteiger partial charge in [-0.1, -0.05) is 5.10 Å². The number of nitrogens with zero attached hydrogens (tertiary/aromatic N) is 3. The molecule has 1 aromatic heterocycles. The summed E-state index contributed by atoms with van der Waals surface area (Å²) in [6.07, 6.45) is 0.428. The quantitative estimate of drug-likeness (QED) is 0.723. The first-order valence-electron chi connectivity index (χ1n) is 4.99. The van der Waals surface area contributed by atoms with E-state index in [2.05, 4.69) is 15.5 Å². The molecule has 0 aromatic carbocycles. The second kappa shape index (κ2) is 4.32. The predicted octanol–water partition coefficient (Wildman–Crippen LogP) is -0.323. The average Bonchev–Trinajstić information content (AvgIpc) is 2.79. The number of imide groups is 1. The largest absolute Gasteiger partial charge is 0.406 e. The monoisotopic (exact) mass is 238 g/mol. The van der Waals surface area contributed by atoms with Gasteiger partial charge in [0.25, 0.3) is 0 Å². The zero-order valence-electron chi connectivity index (χ0n) is 9.10. The minimum atomic E-state index is -0.339. The first kappa shape index (κ1) is 11.2. The first-order valence-corrected chi connectivity index (χ1v) is 4.99. The molecule has 8 heteroatoms. The van der Waals surface area contributed by atoms with Gasteiger partial charge in [0, 0.05) is 19.8 Å². The summed E-state index contributed by atoms with van der Waals surface area (Å²) in [6.45, 7) is 1.25. The van der Waals surface area contributed by atoms with Crippen LogP contribution in [0.3, 0.4) is 0 Å². The van der Waals surface area contributed by atoms with Crippen molar-refractivity contribution in [2.45, 2.75) is 26.3 Å². The van der Waals surface area contributed by atoms with Gasteiger partial charge in [0.05, 0.1) is 0 Å². The SMILES string of the molecule is CC(=O)Nc1nnc(CN2C(=O)CCC2=O)o1. The lowest BCUT2D eigenvalue weighted by molar-refractivity contribution is -0.139. The lowest BCUT2D eigenvalue weighted by Gasteiger charge is -2.09. The van der Waals surface area contributed by atoms with Crippen molar-refractivity contribution >= 4 is 23.7 Å². The molecule has 2 heterocycles. The van der Waals surface area contributed by atoms with Gasteiger partial charge >= 0.3 is 6.01 Å². The van der Waals surface area contributed by atoms with Crippen LogP contribution in [-0.4, -0.2) is 32.8 Å². The van der Waals surface area contributed by atoms with Crippen molar-refractivity contribution in [1.29, 1.82) is 0 Å². The van der Waals surface area contributed by atoms with Gasteiger partial charge in [-0.15, -0.1) is 5.10 Å². The van der Waals surface area contributed by atoms with Gasteiger partial charge in [0.2, 0.25) is 23.6 Å². The molecule has 2 rings (SSSR count). The van der Waals surface area contributed by atoms with Crippen molar-refractivity contribution < 1.29 is 18.8 Å². The first-order chi connectivity index (χ1) is 8.06. The molecule has 1 fully saturated rings. The van der Waals surface area contributed by atoms with Gasteiger partial charge in [0.1, 0.15) is 6.54 Å². The Morgan fingerprint density at radius 2 is 2.00 bits per heavy atom. The second-order valence-corrected chi connectivity index (χ2v) is 3.56. The van der Waals surface area contributed by atoms with Crippen molar-refractivity contribution in [2.24, 2.45) is 0 Å². The normalized spacial score (nSPS) is 15.5. The highest BCUT2D eigenvalue weighted by Gasteiger charge is 2.30. The topological polar surface area (TPSA) is 105 Å². The van der Waals surface area contributed by atoms with Gasteiger partial charge in [-0.3, -0.25) is 24.6 Å². The fraction of sp³-hybridized carbons (Fsp3) is 0.444. The lowest BCUT2D eigenvalue weighted by atomic mass is 10.4. The smallest absolute Gasteiger partial charge is 0.322 e. The highest BCUT2D eigenvalue weighted by Crippen LogP contribution is 2.16. The summed E-state index contributed by atoms with van der Waals surface area (Å²) in [4.78, 5) is 34.4. The molecular weight excluding hydrogens is 228 g/mol. The molecule has 1 saturated heterocycles. The van der Waals surface area contributed by atoms with Crippen molar-refractivity contribution in [3.63, 3.8) is 0 Å². The van der Waals surface area contributed by atoms with E-state index in [-0.39, 0.29) is 49.0 Å². The molecule has 0 atom stereocenters. The number of hydrogen-bond donors (Lipinski definition) is 1. The molecule has 1 aromatic rings. The number of amides is 3. The molecule has 0 unspecified atom stereocenters. The fourth-order valence-corrected chi connectivity index (χ4v) is 1.45. The van der Waals surface area contributed by atoms with Crippen LogP contribution >= 0.6 is 0 Å². The van der Waals surface area contributed by atoms with Crippen molar-refractivity contribution in [1.82, 2.24) is 15.1 Å². The Bertz CT molecular complexity index is 465. The van der Waals surface area contributed by atoms with Gasteiger partial charge in [0.15, 0.2) is 0 Å². The van der Waals surface area contributed by atoms with Crippen LogP contribution in [0.2, 0.25) is 0 Å². The summed E-state index contributed by atoms with van der Waals surface area (Å²) in [5.74, 6) is -0.741. The van der Waals surface area contributed by atoms with Gasteiger partial charge < -0.3 is 4.42 Å². The molecule has 1 N–H and O–H groups in total. The molecule has 0 spiro atoms. The Morgan fingerprint density at radius 3 is 2.59 bits per heavy atom. The molecule has 90 valence electrons. The van der Waals surface area contributed by atoms with Crippen LogP contribution in [0.4, 0.5) is 6.01 Å². The number of nitrogens with one attached hydrogen (secondary N) is 1. The number of hydrogen-bond acceptors (Lipinski definition) is 6. The highest BCUT2D eigenvalue weighted by molar-refractivity contribution is 6.01. The number of aromatic nitrogens is 2. The molecule has 17 heavy (non-hydrogen) atoms. The van der Waals surface area contributed by atoms with E-state index in [1.165, 1.54) is 6.92 Å². The number of likely N-dealkylation sites (tertiary alicyclic amines) is 1. The Balaban J connectivity index is 2.03. The summed E-state index contributed by atoms with van der Waals surface area (Å²) >= 11 is 0. The minimum absolute atomic E-state index is 0.0494.